The molecule has 0 saturated carbocycles. The lowest BCUT2D eigenvalue weighted by Gasteiger charge is -2.29. The van der Waals surface area contributed by atoms with Gasteiger partial charge in [-0.3, -0.25) is 4.79 Å². The number of ether oxygens (including phenoxy) is 1. The highest BCUT2D eigenvalue weighted by atomic mass is 79.9. The zero-order valence-electron chi connectivity index (χ0n) is 11.3. The molecule has 21 heavy (non-hydrogen) atoms. The average Bonchev–Trinajstić information content (AvgIpc) is 2.86. The number of halogens is 1. The Morgan fingerprint density at radius 2 is 2.19 bits per heavy atom. The number of carbonyl (C=O) groups is 2. The summed E-state index contributed by atoms with van der Waals surface area (Å²) in [6, 6.07) is 2.27. The first-order valence-electron chi connectivity index (χ1n) is 6.04. The van der Waals surface area contributed by atoms with Crippen LogP contribution in [0.25, 0.3) is 0 Å². The number of methoxy groups -OCH3 is 1. The van der Waals surface area contributed by atoms with Crippen LogP contribution in [0.3, 0.4) is 0 Å². The highest BCUT2D eigenvalue weighted by Gasteiger charge is 2.38. The summed E-state index contributed by atoms with van der Waals surface area (Å²) < 4.78 is 5.49. The van der Waals surface area contributed by atoms with Gasteiger partial charge in [0.25, 0.3) is 0 Å². The second-order valence-electron chi connectivity index (χ2n) is 4.50. The fourth-order valence-electron chi connectivity index (χ4n) is 2.22. The lowest BCUT2D eigenvalue weighted by Crippen LogP contribution is -2.48. The molecule has 0 radical (unpaired) electrons. The van der Waals surface area contributed by atoms with E-state index < -0.39 is 17.4 Å². The summed E-state index contributed by atoms with van der Waals surface area (Å²) in [6.07, 6.45) is 0. The topological polar surface area (TPSA) is 89.9 Å². The van der Waals surface area contributed by atoms with E-state index in [0.717, 1.165) is 0 Å². The minimum absolute atomic E-state index is 0.0462. The Balaban J connectivity index is 2.44. The monoisotopic (exact) mass is 374 g/mol. The molecule has 114 valence electrons. The molecule has 1 N–H and O–H groups in total. The predicted molar refractivity (Wildman–Crippen MR) is 78.9 cm³/mol. The third-order valence-electron chi connectivity index (χ3n) is 3.19. The number of amides is 1. The maximum atomic E-state index is 11.8. The van der Waals surface area contributed by atoms with Crippen molar-refractivity contribution in [2.75, 3.05) is 12.9 Å². The zero-order valence-corrected chi connectivity index (χ0v) is 13.7. The molecule has 1 saturated heterocycles. The minimum Gasteiger partial charge on any atom is -0.548 e. The van der Waals surface area contributed by atoms with Crippen LogP contribution in [0.1, 0.15) is 17.9 Å². The van der Waals surface area contributed by atoms with Gasteiger partial charge in [-0.05, 0) is 33.6 Å². The van der Waals surface area contributed by atoms with Crippen molar-refractivity contribution in [3.63, 3.8) is 0 Å². The number of nitrogens with zero attached hydrogens (tertiary/aromatic N) is 1. The molecule has 8 heteroatoms. The number of hydrogen-bond acceptors (Lipinski definition) is 6. The van der Waals surface area contributed by atoms with Gasteiger partial charge in [0.05, 0.1) is 23.6 Å². The Hall–Kier alpha value is -1.41. The first kappa shape index (κ1) is 16.0. The van der Waals surface area contributed by atoms with Crippen LogP contribution in [0.15, 0.2) is 16.6 Å². The van der Waals surface area contributed by atoms with Crippen LogP contribution in [0.5, 0.6) is 11.5 Å². The number of phenolic OH excluding ortho intramolecular Hbond substituents is 1. The molecule has 1 fully saturated rings. The summed E-state index contributed by atoms with van der Waals surface area (Å²) in [4.78, 5) is 24.2. The maximum Gasteiger partial charge on any atom is 0.221 e. The summed E-state index contributed by atoms with van der Waals surface area (Å²) in [7, 11) is 1.42. The van der Waals surface area contributed by atoms with Crippen molar-refractivity contribution < 1.29 is 24.5 Å². The lowest BCUT2D eigenvalue weighted by atomic mass is 10.1. The second kappa shape index (κ2) is 6.15. The van der Waals surface area contributed by atoms with Crippen molar-refractivity contribution in [2.24, 2.45) is 0 Å². The van der Waals surface area contributed by atoms with Gasteiger partial charge in [0.2, 0.25) is 5.91 Å². The van der Waals surface area contributed by atoms with Crippen molar-refractivity contribution in [3.05, 3.63) is 22.2 Å². The number of carboxylic acids is 1. The van der Waals surface area contributed by atoms with E-state index in [1.54, 1.807) is 12.1 Å². The van der Waals surface area contributed by atoms with E-state index in [9.17, 15) is 19.8 Å². The molecule has 1 amide bonds. The summed E-state index contributed by atoms with van der Waals surface area (Å²) in [5.74, 6) is -1.16. The SMILES string of the molecule is COc1cc([C@H]2SC[C@H](C(=O)[O-])N2C(C)=O)cc(Br)c1O. The van der Waals surface area contributed by atoms with E-state index in [2.05, 4.69) is 15.9 Å². The molecular weight excluding hydrogens is 362 g/mol. The Morgan fingerprint density at radius 1 is 1.52 bits per heavy atom. The summed E-state index contributed by atoms with van der Waals surface area (Å²) >= 11 is 4.54. The highest BCUT2D eigenvalue weighted by molar-refractivity contribution is 9.10. The fourth-order valence-corrected chi connectivity index (χ4v) is 4.13. The van der Waals surface area contributed by atoms with Crippen LogP contribution in [0.2, 0.25) is 0 Å². The minimum atomic E-state index is -1.27. The van der Waals surface area contributed by atoms with Crippen LogP contribution in [-0.4, -0.2) is 40.8 Å². The fraction of sp³-hybridized carbons (Fsp3) is 0.385. The van der Waals surface area contributed by atoms with Crippen molar-refractivity contribution in [3.8, 4) is 11.5 Å². The zero-order chi connectivity index (χ0) is 15.7. The Morgan fingerprint density at radius 3 is 2.71 bits per heavy atom. The van der Waals surface area contributed by atoms with Crippen molar-refractivity contribution >= 4 is 39.6 Å². The molecule has 0 unspecified atom stereocenters. The van der Waals surface area contributed by atoms with Gasteiger partial charge in [-0.25, -0.2) is 0 Å². The standard InChI is InChI=1S/C13H14BrNO5S/c1-6(16)15-9(13(18)19)5-21-12(15)7-3-8(14)11(17)10(4-7)20-2/h3-4,9,12,17H,5H2,1-2H3,(H,18,19)/p-1/t9-,12-/m1/s1. The summed E-state index contributed by atoms with van der Waals surface area (Å²) in [5.41, 5.74) is 0.667. The first-order valence-corrected chi connectivity index (χ1v) is 7.88. The lowest BCUT2D eigenvalue weighted by molar-refractivity contribution is -0.310. The van der Waals surface area contributed by atoms with E-state index >= 15 is 0 Å². The molecule has 1 aliphatic rings. The van der Waals surface area contributed by atoms with E-state index in [4.69, 9.17) is 4.74 Å². The number of thioether (sulfide) groups is 1. The van der Waals surface area contributed by atoms with E-state index in [1.807, 2.05) is 0 Å². The Labute approximate surface area is 134 Å². The molecule has 1 aliphatic heterocycles. The molecule has 1 aromatic carbocycles. The summed E-state index contributed by atoms with van der Waals surface area (Å²) in [5, 5.41) is 20.5. The van der Waals surface area contributed by atoms with Crippen molar-refractivity contribution in [2.45, 2.75) is 18.3 Å². The molecule has 0 bridgehead atoms. The van der Waals surface area contributed by atoms with Crippen LogP contribution < -0.4 is 9.84 Å². The number of hydrogen-bond donors (Lipinski definition) is 1. The molecule has 0 aromatic heterocycles. The van der Waals surface area contributed by atoms with E-state index in [1.165, 1.54) is 30.7 Å². The second-order valence-corrected chi connectivity index (χ2v) is 6.47. The number of rotatable bonds is 3. The van der Waals surface area contributed by atoms with Gasteiger partial charge >= 0.3 is 0 Å². The van der Waals surface area contributed by atoms with Crippen LogP contribution >= 0.6 is 27.7 Å². The first-order chi connectivity index (χ1) is 9.86. The number of carbonyl (C=O) groups excluding carboxylic acids is 2. The smallest absolute Gasteiger partial charge is 0.221 e. The number of aliphatic carboxylic acids is 1. The third kappa shape index (κ3) is 2.96. The van der Waals surface area contributed by atoms with Gasteiger partial charge in [-0.1, -0.05) is 0 Å². The Kier molecular flexibility index (Phi) is 4.67. The largest absolute Gasteiger partial charge is 0.548 e. The molecule has 0 spiro atoms. The van der Waals surface area contributed by atoms with Gasteiger partial charge in [0.1, 0.15) is 5.37 Å². The molecular formula is C13H13BrNO5S-. The molecule has 6 nitrogen and oxygen atoms in total. The predicted octanol–water partition coefficient (Wildman–Crippen LogP) is 0.876. The molecule has 2 rings (SSSR count). The van der Waals surface area contributed by atoms with Gasteiger partial charge in [0.15, 0.2) is 11.5 Å². The van der Waals surface area contributed by atoms with Crippen molar-refractivity contribution in [1.29, 1.82) is 0 Å². The molecule has 2 atom stereocenters. The molecule has 1 heterocycles. The Bertz CT molecular complexity index is 594. The van der Waals surface area contributed by atoms with Gasteiger partial charge < -0.3 is 24.6 Å². The molecule has 0 aliphatic carbocycles. The molecule has 1 aromatic rings. The van der Waals surface area contributed by atoms with Crippen LogP contribution in [-0.2, 0) is 9.59 Å². The van der Waals surface area contributed by atoms with E-state index in [0.29, 0.717) is 10.0 Å². The number of phenols is 1. The quantitative estimate of drug-likeness (QED) is 0.844. The van der Waals surface area contributed by atoms with Crippen LogP contribution in [0, 0.1) is 0 Å². The van der Waals surface area contributed by atoms with Gasteiger partial charge in [-0.15, -0.1) is 11.8 Å². The van der Waals surface area contributed by atoms with Crippen LogP contribution in [0.4, 0.5) is 0 Å². The normalized spacial score (nSPS) is 21.4. The number of aromatic hydroxyl groups is 1. The summed E-state index contributed by atoms with van der Waals surface area (Å²) in [6.45, 7) is 1.32. The van der Waals surface area contributed by atoms with Gasteiger partial charge in [-0.2, -0.15) is 0 Å². The maximum absolute atomic E-state index is 11.8. The van der Waals surface area contributed by atoms with E-state index in [-0.39, 0.29) is 23.2 Å². The van der Waals surface area contributed by atoms with Crippen molar-refractivity contribution in [1.82, 2.24) is 4.90 Å². The number of carboxylic acid groups (broad SMARTS) is 1. The number of benzene rings is 1. The van der Waals surface area contributed by atoms with Gasteiger partial charge in [0, 0.05) is 12.7 Å². The highest BCUT2D eigenvalue weighted by Crippen LogP contribution is 2.45. The average molecular weight is 375 g/mol. The third-order valence-corrected chi connectivity index (χ3v) is 5.12.